The Labute approximate surface area is 134 Å². The van der Waals surface area contributed by atoms with E-state index in [4.69, 9.17) is 0 Å². The van der Waals surface area contributed by atoms with Gasteiger partial charge in [-0.25, -0.2) is 0 Å². The van der Waals surface area contributed by atoms with E-state index in [9.17, 15) is 4.79 Å². The molecule has 0 unspecified atom stereocenters. The SMILES string of the molecule is CSc1ccc(-c2ccc(=O)n3c2[C@H]2C[NH2+]C[C@H](C2)C3)cc1. The normalized spacial score (nSPS) is 23.1. The molecule has 1 aromatic carbocycles. The number of thioether (sulfide) groups is 1. The molecule has 2 aromatic rings. The number of nitrogens with two attached hydrogens (primary N) is 1. The molecule has 2 N–H and O–H groups in total. The second kappa shape index (κ2) is 5.60. The molecule has 2 aliphatic rings. The second-order valence-corrected chi connectivity index (χ2v) is 7.25. The van der Waals surface area contributed by atoms with E-state index in [1.54, 1.807) is 17.8 Å². The van der Waals surface area contributed by atoms with Crippen LogP contribution in [-0.2, 0) is 6.54 Å². The third-order valence-corrected chi connectivity index (χ3v) is 5.77. The Balaban J connectivity index is 1.86. The Morgan fingerprint density at radius 3 is 2.73 bits per heavy atom. The van der Waals surface area contributed by atoms with Crippen molar-refractivity contribution in [3.05, 3.63) is 52.4 Å². The number of pyridine rings is 1. The van der Waals surface area contributed by atoms with Crippen LogP contribution in [0.1, 0.15) is 18.0 Å². The third kappa shape index (κ3) is 2.31. The molecule has 2 aliphatic heterocycles. The van der Waals surface area contributed by atoms with Gasteiger partial charge < -0.3 is 9.88 Å². The van der Waals surface area contributed by atoms with Crippen molar-refractivity contribution in [2.75, 3.05) is 19.3 Å². The van der Waals surface area contributed by atoms with Crippen LogP contribution in [0.3, 0.4) is 0 Å². The number of aromatic nitrogens is 1. The topological polar surface area (TPSA) is 38.6 Å². The number of piperidine rings is 1. The molecule has 3 nitrogen and oxygen atoms in total. The smallest absolute Gasteiger partial charge is 0.250 e. The fourth-order valence-electron chi connectivity index (χ4n) is 4.00. The summed E-state index contributed by atoms with van der Waals surface area (Å²) < 4.78 is 2.05. The summed E-state index contributed by atoms with van der Waals surface area (Å²) in [6, 6.07) is 12.5. The molecule has 4 rings (SSSR count). The molecule has 22 heavy (non-hydrogen) atoms. The molecular formula is C18H21N2OS+. The zero-order chi connectivity index (χ0) is 15.1. The van der Waals surface area contributed by atoms with Crippen molar-refractivity contribution in [3.63, 3.8) is 0 Å². The Bertz CT molecular complexity index is 751. The molecule has 0 amide bonds. The van der Waals surface area contributed by atoms with Crippen LogP contribution in [0.5, 0.6) is 0 Å². The largest absolute Gasteiger partial charge is 0.345 e. The minimum Gasteiger partial charge on any atom is -0.345 e. The lowest BCUT2D eigenvalue weighted by Gasteiger charge is -2.36. The molecule has 0 saturated carbocycles. The highest BCUT2D eigenvalue weighted by Crippen LogP contribution is 2.36. The van der Waals surface area contributed by atoms with Crippen molar-refractivity contribution < 1.29 is 5.32 Å². The summed E-state index contributed by atoms with van der Waals surface area (Å²) in [4.78, 5) is 13.6. The lowest BCUT2D eigenvalue weighted by molar-refractivity contribution is -0.673. The Morgan fingerprint density at radius 1 is 1.14 bits per heavy atom. The predicted molar refractivity (Wildman–Crippen MR) is 90.4 cm³/mol. The fourth-order valence-corrected chi connectivity index (χ4v) is 4.40. The van der Waals surface area contributed by atoms with Gasteiger partial charge in [0.2, 0.25) is 0 Å². The highest BCUT2D eigenvalue weighted by atomic mass is 32.2. The monoisotopic (exact) mass is 313 g/mol. The minimum atomic E-state index is 0.163. The van der Waals surface area contributed by atoms with Crippen molar-refractivity contribution in [3.8, 4) is 11.1 Å². The number of rotatable bonds is 2. The van der Waals surface area contributed by atoms with Crippen LogP contribution in [0.15, 0.2) is 46.1 Å². The van der Waals surface area contributed by atoms with Gasteiger partial charge in [0.25, 0.3) is 5.56 Å². The van der Waals surface area contributed by atoms with Crippen molar-refractivity contribution >= 4 is 11.8 Å². The number of hydrogen-bond acceptors (Lipinski definition) is 2. The highest BCUT2D eigenvalue weighted by molar-refractivity contribution is 7.98. The molecule has 2 atom stereocenters. The molecule has 4 heteroatoms. The first-order valence-electron chi connectivity index (χ1n) is 7.96. The predicted octanol–water partition coefficient (Wildman–Crippen LogP) is 1.92. The molecule has 114 valence electrons. The first-order chi connectivity index (χ1) is 10.8. The van der Waals surface area contributed by atoms with Gasteiger partial charge in [-0.2, -0.15) is 0 Å². The van der Waals surface area contributed by atoms with Gasteiger partial charge in [0.05, 0.1) is 13.1 Å². The van der Waals surface area contributed by atoms with Crippen molar-refractivity contribution in [2.24, 2.45) is 5.92 Å². The first kappa shape index (κ1) is 14.1. The average molecular weight is 313 g/mol. The molecule has 1 saturated heterocycles. The molecule has 0 spiro atoms. The summed E-state index contributed by atoms with van der Waals surface area (Å²) in [7, 11) is 0. The number of nitrogens with zero attached hydrogens (tertiary/aromatic N) is 1. The minimum absolute atomic E-state index is 0.163. The Kier molecular flexibility index (Phi) is 3.59. The lowest BCUT2D eigenvalue weighted by Crippen LogP contribution is -2.89. The summed E-state index contributed by atoms with van der Waals surface area (Å²) in [6.07, 6.45) is 3.33. The number of hydrogen-bond donors (Lipinski definition) is 1. The zero-order valence-corrected chi connectivity index (χ0v) is 13.6. The summed E-state index contributed by atoms with van der Waals surface area (Å²) in [5, 5.41) is 2.42. The van der Waals surface area contributed by atoms with E-state index in [2.05, 4.69) is 35.8 Å². The molecule has 1 fully saturated rings. The van der Waals surface area contributed by atoms with E-state index in [0.29, 0.717) is 11.8 Å². The first-order valence-corrected chi connectivity index (χ1v) is 9.18. The van der Waals surface area contributed by atoms with Crippen LogP contribution < -0.4 is 10.9 Å². The Hall–Kier alpha value is -1.52. The highest BCUT2D eigenvalue weighted by Gasteiger charge is 2.35. The van der Waals surface area contributed by atoms with Gasteiger partial charge in [0.1, 0.15) is 0 Å². The van der Waals surface area contributed by atoms with E-state index in [1.165, 1.54) is 28.1 Å². The fraction of sp³-hybridized carbons (Fsp3) is 0.389. The maximum atomic E-state index is 12.3. The summed E-state index contributed by atoms with van der Waals surface area (Å²) >= 11 is 1.76. The van der Waals surface area contributed by atoms with Gasteiger partial charge in [-0.3, -0.25) is 4.79 Å². The maximum Gasteiger partial charge on any atom is 0.250 e. The van der Waals surface area contributed by atoms with Crippen LogP contribution >= 0.6 is 11.8 Å². The molecule has 0 aliphatic carbocycles. The number of benzene rings is 1. The van der Waals surface area contributed by atoms with Crippen molar-refractivity contribution in [1.29, 1.82) is 0 Å². The van der Waals surface area contributed by atoms with Crippen molar-refractivity contribution in [1.82, 2.24) is 4.57 Å². The van der Waals surface area contributed by atoms with E-state index in [0.717, 1.165) is 19.6 Å². The summed E-state index contributed by atoms with van der Waals surface area (Å²) in [5.74, 6) is 1.16. The average Bonchev–Trinajstić information content (AvgIpc) is 2.56. The van der Waals surface area contributed by atoms with Crippen LogP contribution in [0.25, 0.3) is 11.1 Å². The second-order valence-electron chi connectivity index (χ2n) is 6.37. The quantitative estimate of drug-likeness (QED) is 0.860. The van der Waals surface area contributed by atoms with Gasteiger partial charge in [0, 0.05) is 40.6 Å². The molecule has 2 bridgehead atoms. The van der Waals surface area contributed by atoms with Crippen LogP contribution in [0.2, 0.25) is 0 Å². The third-order valence-electron chi connectivity index (χ3n) is 5.02. The summed E-state index contributed by atoms with van der Waals surface area (Å²) in [6.45, 7) is 3.16. The maximum absolute atomic E-state index is 12.3. The van der Waals surface area contributed by atoms with Gasteiger partial charge in [-0.1, -0.05) is 12.1 Å². The molecule has 1 aromatic heterocycles. The number of fused-ring (bicyclic) bond motifs is 4. The van der Waals surface area contributed by atoms with Gasteiger partial charge >= 0.3 is 0 Å². The molecule has 0 radical (unpaired) electrons. The van der Waals surface area contributed by atoms with E-state index in [-0.39, 0.29) is 5.56 Å². The van der Waals surface area contributed by atoms with Gasteiger partial charge in [0.15, 0.2) is 0 Å². The van der Waals surface area contributed by atoms with Crippen LogP contribution in [0.4, 0.5) is 0 Å². The molecular weight excluding hydrogens is 292 g/mol. The Morgan fingerprint density at radius 2 is 1.95 bits per heavy atom. The standard InChI is InChI=1S/C18H20N2OS/c1-22-15-4-2-13(3-5-15)16-6-7-17(21)20-11-12-8-14(18(16)20)10-19-9-12/h2-7,12,14,19H,8-11H2,1H3/p+1/t12-,14+/m0/s1. The van der Waals surface area contributed by atoms with Crippen molar-refractivity contribution in [2.45, 2.75) is 23.8 Å². The molecule has 3 heterocycles. The van der Waals surface area contributed by atoms with Gasteiger partial charge in [-0.05, 0) is 36.4 Å². The number of quaternary nitrogens is 1. The van der Waals surface area contributed by atoms with Crippen LogP contribution in [0, 0.1) is 5.92 Å². The lowest BCUT2D eigenvalue weighted by atomic mass is 9.81. The zero-order valence-electron chi connectivity index (χ0n) is 12.8. The van der Waals surface area contributed by atoms with E-state index >= 15 is 0 Å². The summed E-state index contributed by atoms with van der Waals surface area (Å²) in [5.41, 5.74) is 3.89. The van der Waals surface area contributed by atoms with Gasteiger partial charge in [-0.15, -0.1) is 11.8 Å². The van der Waals surface area contributed by atoms with E-state index in [1.807, 2.05) is 10.6 Å². The van der Waals surface area contributed by atoms with E-state index < -0.39 is 0 Å². The van der Waals surface area contributed by atoms with Crippen LogP contribution in [-0.4, -0.2) is 23.9 Å².